The lowest BCUT2D eigenvalue weighted by Crippen LogP contribution is -2.34. The summed E-state index contributed by atoms with van der Waals surface area (Å²) in [6, 6.07) is 3.07. The molecule has 2 N–H and O–H groups in total. The van der Waals surface area contributed by atoms with E-state index in [1.165, 1.54) is 13.2 Å². The molecule has 152 valence electrons. The Hall–Kier alpha value is -1.80. The number of amides is 1. The van der Waals surface area contributed by atoms with Crippen LogP contribution in [-0.4, -0.2) is 39.3 Å². The number of alkyl halides is 3. The predicted molar refractivity (Wildman–Crippen MR) is 96.8 cm³/mol. The molecule has 8 heteroatoms. The Morgan fingerprint density at radius 2 is 2.15 bits per heavy atom. The lowest BCUT2D eigenvalue weighted by atomic mass is 9.85. The van der Waals surface area contributed by atoms with Crippen molar-refractivity contribution in [2.45, 2.75) is 32.4 Å². The zero-order chi connectivity index (χ0) is 19.9. The van der Waals surface area contributed by atoms with Crippen LogP contribution >= 0.6 is 0 Å². The first-order chi connectivity index (χ1) is 12.8. The second-order valence-corrected chi connectivity index (χ2v) is 6.89. The fraction of sp³-hybridized carbons (Fsp3) is 0.632. The van der Waals surface area contributed by atoms with Crippen LogP contribution in [-0.2, 0) is 15.7 Å². The zero-order valence-electron chi connectivity index (χ0n) is 15.7. The largest absolute Gasteiger partial charge is 0.489 e. The van der Waals surface area contributed by atoms with Gasteiger partial charge in [-0.25, -0.2) is 0 Å². The van der Waals surface area contributed by atoms with Crippen LogP contribution in [0.5, 0.6) is 5.75 Å². The first-order valence-electron chi connectivity index (χ1n) is 9.14. The van der Waals surface area contributed by atoms with E-state index in [0.717, 1.165) is 38.1 Å². The SMILES string of the molecule is COCCOc1ccc(C(F)(F)F)cc1NC(=O)CC(C)C1CCCNC1. The van der Waals surface area contributed by atoms with E-state index in [9.17, 15) is 18.0 Å². The van der Waals surface area contributed by atoms with Gasteiger partial charge in [-0.2, -0.15) is 13.2 Å². The molecule has 27 heavy (non-hydrogen) atoms. The number of carbonyl (C=O) groups is 1. The lowest BCUT2D eigenvalue weighted by molar-refractivity contribution is -0.137. The van der Waals surface area contributed by atoms with Crippen molar-refractivity contribution < 1.29 is 27.4 Å². The standard InChI is InChI=1S/C19H27F3N2O3/c1-13(14-4-3-7-23-12-14)10-18(25)24-16-11-15(19(20,21)22)5-6-17(16)27-9-8-26-2/h5-6,11,13-14,23H,3-4,7-10,12H2,1-2H3,(H,24,25). The molecule has 0 radical (unpaired) electrons. The van der Waals surface area contributed by atoms with Crippen LogP contribution < -0.4 is 15.4 Å². The van der Waals surface area contributed by atoms with Crippen molar-refractivity contribution in [1.82, 2.24) is 5.32 Å². The maximum atomic E-state index is 13.0. The van der Waals surface area contributed by atoms with Crippen molar-refractivity contribution in [1.29, 1.82) is 0 Å². The van der Waals surface area contributed by atoms with Gasteiger partial charge in [-0.1, -0.05) is 6.92 Å². The summed E-state index contributed by atoms with van der Waals surface area (Å²) in [5, 5.41) is 5.91. The molecule has 1 aromatic carbocycles. The number of benzene rings is 1. The highest BCUT2D eigenvalue weighted by molar-refractivity contribution is 5.92. The minimum atomic E-state index is -4.49. The molecule has 2 unspecified atom stereocenters. The smallest absolute Gasteiger partial charge is 0.416 e. The molecule has 1 fully saturated rings. The molecule has 0 aliphatic carbocycles. The Balaban J connectivity index is 2.07. The summed E-state index contributed by atoms with van der Waals surface area (Å²) < 4.78 is 49.4. The number of nitrogens with one attached hydrogen (secondary N) is 2. The van der Waals surface area contributed by atoms with Crippen molar-refractivity contribution in [3.63, 3.8) is 0 Å². The molecule has 5 nitrogen and oxygen atoms in total. The summed E-state index contributed by atoms with van der Waals surface area (Å²) >= 11 is 0. The van der Waals surface area contributed by atoms with E-state index < -0.39 is 11.7 Å². The molecule has 2 atom stereocenters. The summed E-state index contributed by atoms with van der Waals surface area (Å²) in [6.07, 6.45) is -2.12. The molecule has 1 aromatic rings. The fourth-order valence-corrected chi connectivity index (χ4v) is 3.19. The van der Waals surface area contributed by atoms with Gasteiger partial charge in [0.15, 0.2) is 0 Å². The number of hydrogen-bond donors (Lipinski definition) is 2. The Morgan fingerprint density at radius 1 is 1.37 bits per heavy atom. The zero-order valence-corrected chi connectivity index (χ0v) is 15.7. The van der Waals surface area contributed by atoms with Crippen LogP contribution in [0.4, 0.5) is 18.9 Å². The van der Waals surface area contributed by atoms with Gasteiger partial charge in [-0.3, -0.25) is 4.79 Å². The molecule has 2 rings (SSSR count). The molecule has 0 saturated carbocycles. The molecular weight excluding hydrogens is 361 g/mol. The van der Waals surface area contributed by atoms with Gasteiger partial charge < -0.3 is 20.1 Å². The maximum Gasteiger partial charge on any atom is 0.416 e. The van der Waals surface area contributed by atoms with Crippen LogP contribution in [0.3, 0.4) is 0 Å². The van der Waals surface area contributed by atoms with Crippen LogP contribution in [0.2, 0.25) is 0 Å². The van der Waals surface area contributed by atoms with Gasteiger partial charge in [0.05, 0.1) is 17.9 Å². The van der Waals surface area contributed by atoms with Crippen LogP contribution in [0, 0.1) is 11.8 Å². The quantitative estimate of drug-likeness (QED) is 0.667. The van der Waals surface area contributed by atoms with Crippen molar-refractivity contribution >= 4 is 11.6 Å². The number of piperidine rings is 1. The van der Waals surface area contributed by atoms with Crippen LogP contribution in [0.15, 0.2) is 18.2 Å². The Labute approximate surface area is 157 Å². The second-order valence-electron chi connectivity index (χ2n) is 6.89. The minimum absolute atomic E-state index is 0.0277. The maximum absolute atomic E-state index is 13.0. The fourth-order valence-electron chi connectivity index (χ4n) is 3.19. The number of rotatable bonds is 8. The number of halogens is 3. The van der Waals surface area contributed by atoms with Gasteiger partial charge in [-0.15, -0.1) is 0 Å². The molecule has 1 heterocycles. The van der Waals surface area contributed by atoms with Crippen molar-refractivity contribution in [3.8, 4) is 5.75 Å². The normalized spacial score (nSPS) is 18.8. The number of hydrogen-bond acceptors (Lipinski definition) is 4. The van der Waals surface area contributed by atoms with Crippen LogP contribution in [0.1, 0.15) is 31.7 Å². The first kappa shape index (κ1) is 21.5. The number of ether oxygens (including phenoxy) is 2. The monoisotopic (exact) mass is 388 g/mol. The Morgan fingerprint density at radius 3 is 2.78 bits per heavy atom. The van der Waals surface area contributed by atoms with Gasteiger partial charge in [0.1, 0.15) is 12.4 Å². The molecule has 0 bridgehead atoms. The molecule has 1 aliphatic rings. The lowest BCUT2D eigenvalue weighted by Gasteiger charge is -2.28. The molecule has 1 aliphatic heterocycles. The molecule has 1 amide bonds. The second kappa shape index (κ2) is 9.94. The molecular formula is C19H27F3N2O3. The van der Waals surface area contributed by atoms with Crippen LogP contribution in [0.25, 0.3) is 0 Å². The van der Waals surface area contributed by atoms with E-state index in [0.29, 0.717) is 12.5 Å². The predicted octanol–water partition coefficient (Wildman–Crippen LogP) is 3.69. The van der Waals surface area contributed by atoms with Crippen molar-refractivity contribution in [3.05, 3.63) is 23.8 Å². The first-order valence-corrected chi connectivity index (χ1v) is 9.14. The third kappa shape index (κ3) is 6.70. The van der Waals surface area contributed by atoms with E-state index in [4.69, 9.17) is 9.47 Å². The Kier molecular flexibility index (Phi) is 7.91. The van der Waals surface area contributed by atoms with Gasteiger partial charge in [0, 0.05) is 13.5 Å². The molecule has 0 aromatic heterocycles. The van der Waals surface area contributed by atoms with Gasteiger partial charge in [-0.05, 0) is 56.0 Å². The number of carbonyl (C=O) groups excluding carboxylic acids is 1. The average molecular weight is 388 g/mol. The average Bonchev–Trinajstić information content (AvgIpc) is 2.62. The highest BCUT2D eigenvalue weighted by atomic mass is 19.4. The highest BCUT2D eigenvalue weighted by Gasteiger charge is 2.31. The van der Waals surface area contributed by atoms with Crippen molar-refractivity contribution in [2.75, 3.05) is 38.7 Å². The molecule has 1 saturated heterocycles. The molecule has 0 spiro atoms. The summed E-state index contributed by atoms with van der Waals surface area (Å²) in [4.78, 5) is 12.4. The summed E-state index contributed by atoms with van der Waals surface area (Å²) in [5.74, 6) is 0.411. The Bertz CT molecular complexity index is 617. The summed E-state index contributed by atoms with van der Waals surface area (Å²) in [5.41, 5.74) is -0.804. The van der Waals surface area contributed by atoms with E-state index in [-0.39, 0.29) is 36.3 Å². The van der Waals surface area contributed by atoms with Gasteiger partial charge in [0.25, 0.3) is 0 Å². The van der Waals surface area contributed by atoms with E-state index in [1.807, 2.05) is 6.92 Å². The third-order valence-corrected chi connectivity index (χ3v) is 4.77. The van der Waals surface area contributed by atoms with Crippen molar-refractivity contribution in [2.24, 2.45) is 11.8 Å². The summed E-state index contributed by atoms with van der Waals surface area (Å²) in [7, 11) is 1.50. The minimum Gasteiger partial charge on any atom is -0.489 e. The highest BCUT2D eigenvalue weighted by Crippen LogP contribution is 2.35. The number of methoxy groups -OCH3 is 1. The van der Waals surface area contributed by atoms with E-state index in [1.54, 1.807) is 0 Å². The summed E-state index contributed by atoms with van der Waals surface area (Å²) in [6.45, 7) is 4.32. The van der Waals surface area contributed by atoms with E-state index in [2.05, 4.69) is 10.6 Å². The number of anilines is 1. The third-order valence-electron chi connectivity index (χ3n) is 4.77. The topological polar surface area (TPSA) is 59.6 Å². The van der Waals surface area contributed by atoms with Gasteiger partial charge >= 0.3 is 6.18 Å². The van der Waals surface area contributed by atoms with Gasteiger partial charge in [0.2, 0.25) is 5.91 Å². The van der Waals surface area contributed by atoms with E-state index >= 15 is 0 Å².